The average Bonchev–Trinajstić information content (AvgIpc) is 2.44. The van der Waals surface area contributed by atoms with Crippen LogP contribution in [0.15, 0.2) is 34.3 Å². The molecule has 2 rings (SSSR count). The van der Waals surface area contributed by atoms with E-state index < -0.39 is 0 Å². The molecule has 0 aromatic heterocycles. The summed E-state index contributed by atoms with van der Waals surface area (Å²) in [5.41, 5.74) is 2.66. The minimum atomic E-state index is 0.472. The third kappa shape index (κ3) is 5.30. The van der Waals surface area contributed by atoms with E-state index in [2.05, 4.69) is 54.1 Å². The lowest BCUT2D eigenvalue weighted by Gasteiger charge is -2.15. The fourth-order valence-corrected chi connectivity index (χ4v) is 2.79. The summed E-state index contributed by atoms with van der Waals surface area (Å²) in [4.78, 5) is 8.79. The van der Waals surface area contributed by atoms with Gasteiger partial charge in [0, 0.05) is 0 Å². The van der Waals surface area contributed by atoms with Crippen molar-refractivity contribution in [1.82, 2.24) is 0 Å². The lowest BCUT2D eigenvalue weighted by atomic mass is 9.96. The van der Waals surface area contributed by atoms with Crippen LogP contribution in [0.3, 0.4) is 0 Å². The molecule has 2 nitrogen and oxygen atoms in total. The Morgan fingerprint density at radius 3 is 2.65 bits per heavy atom. The van der Waals surface area contributed by atoms with Gasteiger partial charge >= 0.3 is 0 Å². The first-order valence-corrected chi connectivity index (χ1v) is 7.93. The van der Waals surface area contributed by atoms with Gasteiger partial charge in [-0.1, -0.05) is 57.4 Å². The van der Waals surface area contributed by atoms with Crippen LogP contribution in [0.25, 0.3) is 0 Å². The topological polar surface area (TPSA) is 24.7 Å². The molecule has 1 aliphatic carbocycles. The largest absolute Gasteiger partial charge is 0.222 e. The van der Waals surface area contributed by atoms with Crippen LogP contribution in [0.5, 0.6) is 0 Å². The second-order valence-corrected chi connectivity index (χ2v) is 6.26. The van der Waals surface area contributed by atoms with Crippen LogP contribution in [-0.2, 0) is 13.0 Å². The van der Waals surface area contributed by atoms with E-state index in [1.807, 2.05) is 0 Å². The Morgan fingerprint density at radius 2 is 1.90 bits per heavy atom. The normalized spacial score (nSPS) is 15.9. The Morgan fingerprint density at radius 1 is 1.15 bits per heavy atom. The van der Waals surface area contributed by atoms with Crippen molar-refractivity contribution in [3.63, 3.8) is 0 Å². The molecule has 1 aromatic rings. The van der Waals surface area contributed by atoms with Gasteiger partial charge in [-0.05, 0) is 36.3 Å². The highest BCUT2D eigenvalue weighted by molar-refractivity contribution is 5.42. The SMILES string of the molecule is CC(C)Cc1cccc(CN=C=NC2CCCCC2)c1. The third-order valence-corrected chi connectivity index (χ3v) is 3.78. The van der Waals surface area contributed by atoms with E-state index >= 15 is 0 Å². The third-order valence-electron chi connectivity index (χ3n) is 3.78. The minimum absolute atomic E-state index is 0.472. The van der Waals surface area contributed by atoms with Gasteiger partial charge in [0.1, 0.15) is 0 Å². The zero-order chi connectivity index (χ0) is 14.2. The molecule has 2 heteroatoms. The molecule has 0 saturated heterocycles. The van der Waals surface area contributed by atoms with Gasteiger partial charge in [0.2, 0.25) is 0 Å². The summed E-state index contributed by atoms with van der Waals surface area (Å²) in [5, 5.41) is 0. The predicted octanol–water partition coefficient (Wildman–Crippen LogP) is 4.89. The van der Waals surface area contributed by atoms with Crippen molar-refractivity contribution in [2.24, 2.45) is 15.9 Å². The van der Waals surface area contributed by atoms with Crippen LogP contribution in [-0.4, -0.2) is 12.1 Å². The molecule has 1 aromatic carbocycles. The summed E-state index contributed by atoms with van der Waals surface area (Å²) in [6.07, 6.45) is 7.55. The minimum Gasteiger partial charge on any atom is -0.222 e. The molecule has 1 aliphatic rings. The Labute approximate surface area is 123 Å². The van der Waals surface area contributed by atoms with Gasteiger partial charge in [-0.15, -0.1) is 0 Å². The lowest BCUT2D eigenvalue weighted by Crippen LogP contribution is -2.08. The zero-order valence-corrected chi connectivity index (χ0v) is 12.8. The number of benzene rings is 1. The molecular weight excluding hydrogens is 244 g/mol. The molecule has 0 amide bonds. The standard InChI is InChI=1S/C18H26N2/c1-15(2)11-16-7-6-8-17(12-16)13-19-14-20-18-9-4-3-5-10-18/h6-8,12,15,18H,3-5,9-11,13H2,1-2H3. The van der Waals surface area contributed by atoms with Crippen LogP contribution in [0.4, 0.5) is 0 Å². The number of hydrogen-bond donors (Lipinski definition) is 0. The van der Waals surface area contributed by atoms with Crippen LogP contribution < -0.4 is 0 Å². The smallest absolute Gasteiger partial charge is 0.0898 e. The van der Waals surface area contributed by atoms with Crippen molar-refractivity contribution in [2.45, 2.75) is 65.0 Å². The molecule has 0 aliphatic heterocycles. The maximum atomic E-state index is 4.45. The summed E-state index contributed by atoms with van der Waals surface area (Å²) >= 11 is 0. The first kappa shape index (κ1) is 15.0. The van der Waals surface area contributed by atoms with E-state index in [0.29, 0.717) is 18.5 Å². The van der Waals surface area contributed by atoms with E-state index in [9.17, 15) is 0 Å². The van der Waals surface area contributed by atoms with Crippen molar-refractivity contribution in [2.75, 3.05) is 0 Å². The quantitative estimate of drug-likeness (QED) is 0.680. The highest BCUT2D eigenvalue weighted by Crippen LogP contribution is 2.19. The number of aliphatic imine (C=N–C) groups is 2. The number of hydrogen-bond acceptors (Lipinski definition) is 2. The van der Waals surface area contributed by atoms with Gasteiger partial charge < -0.3 is 0 Å². The van der Waals surface area contributed by atoms with Gasteiger partial charge in [0.25, 0.3) is 0 Å². The second-order valence-electron chi connectivity index (χ2n) is 6.26. The highest BCUT2D eigenvalue weighted by atomic mass is 14.8. The summed E-state index contributed by atoms with van der Waals surface area (Å²) in [6.45, 7) is 5.20. The van der Waals surface area contributed by atoms with Crippen LogP contribution >= 0.6 is 0 Å². The van der Waals surface area contributed by atoms with E-state index in [0.717, 1.165) is 6.42 Å². The van der Waals surface area contributed by atoms with Crippen molar-refractivity contribution >= 4 is 6.01 Å². The van der Waals surface area contributed by atoms with Gasteiger partial charge in [-0.2, -0.15) is 0 Å². The predicted molar refractivity (Wildman–Crippen MR) is 85.4 cm³/mol. The van der Waals surface area contributed by atoms with Crippen LogP contribution in [0.2, 0.25) is 0 Å². The first-order chi connectivity index (χ1) is 9.74. The monoisotopic (exact) mass is 270 g/mol. The fraction of sp³-hybridized carbons (Fsp3) is 0.611. The molecule has 0 atom stereocenters. The molecule has 0 heterocycles. The molecule has 1 fully saturated rings. The molecule has 0 spiro atoms. The fourth-order valence-electron chi connectivity index (χ4n) is 2.79. The van der Waals surface area contributed by atoms with Crippen molar-refractivity contribution in [3.8, 4) is 0 Å². The van der Waals surface area contributed by atoms with Crippen molar-refractivity contribution in [3.05, 3.63) is 35.4 Å². The first-order valence-electron chi connectivity index (χ1n) is 7.93. The van der Waals surface area contributed by atoms with E-state index in [1.54, 1.807) is 0 Å². The number of rotatable bonds is 5. The van der Waals surface area contributed by atoms with Gasteiger partial charge in [-0.3, -0.25) is 0 Å². The molecule has 20 heavy (non-hydrogen) atoms. The summed E-state index contributed by atoms with van der Waals surface area (Å²) in [6, 6.07) is 12.1. The highest BCUT2D eigenvalue weighted by Gasteiger charge is 2.10. The second kappa shape index (κ2) is 8.01. The van der Waals surface area contributed by atoms with Crippen LogP contribution in [0.1, 0.15) is 57.1 Å². The van der Waals surface area contributed by atoms with E-state index in [-0.39, 0.29) is 0 Å². The van der Waals surface area contributed by atoms with Crippen molar-refractivity contribution in [1.29, 1.82) is 0 Å². The Kier molecular flexibility index (Phi) is 6.01. The summed E-state index contributed by atoms with van der Waals surface area (Å²) < 4.78 is 0. The van der Waals surface area contributed by atoms with Crippen molar-refractivity contribution < 1.29 is 0 Å². The molecule has 0 N–H and O–H groups in total. The maximum Gasteiger partial charge on any atom is 0.0898 e. The van der Waals surface area contributed by atoms with Gasteiger partial charge in [0.15, 0.2) is 0 Å². The average molecular weight is 270 g/mol. The number of nitrogens with zero attached hydrogens (tertiary/aromatic N) is 2. The van der Waals surface area contributed by atoms with Crippen LogP contribution in [0, 0.1) is 5.92 Å². The Hall–Kier alpha value is -1.40. The Bertz CT molecular complexity index is 464. The lowest BCUT2D eigenvalue weighted by molar-refractivity contribution is 0.444. The molecule has 1 saturated carbocycles. The molecular formula is C18H26N2. The maximum absolute atomic E-state index is 4.45. The molecule has 0 unspecified atom stereocenters. The zero-order valence-electron chi connectivity index (χ0n) is 12.8. The van der Waals surface area contributed by atoms with Gasteiger partial charge in [-0.25, -0.2) is 9.98 Å². The Balaban J connectivity index is 1.87. The van der Waals surface area contributed by atoms with Gasteiger partial charge in [0.05, 0.1) is 18.6 Å². The van der Waals surface area contributed by atoms with E-state index in [1.165, 1.54) is 43.2 Å². The summed E-state index contributed by atoms with van der Waals surface area (Å²) in [7, 11) is 0. The molecule has 0 bridgehead atoms. The van der Waals surface area contributed by atoms with E-state index in [4.69, 9.17) is 0 Å². The summed E-state index contributed by atoms with van der Waals surface area (Å²) in [5.74, 6) is 0.696. The molecule has 108 valence electrons. The molecule has 0 radical (unpaired) electrons.